The summed E-state index contributed by atoms with van der Waals surface area (Å²) in [6.45, 7) is 6.19. The number of tetrazole rings is 1. The lowest BCUT2D eigenvalue weighted by Gasteiger charge is -2.34. The summed E-state index contributed by atoms with van der Waals surface area (Å²) in [7, 11) is 4.46. The third-order valence-corrected chi connectivity index (χ3v) is 8.97. The van der Waals surface area contributed by atoms with Crippen LogP contribution in [-0.2, 0) is 43.8 Å². The summed E-state index contributed by atoms with van der Waals surface area (Å²) in [6.07, 6.45) is -2.63. The van der Waals surface area contributed by atoms with Gasteiger partial charge in [-0.1, -0.05) is 57.2 Å². The number of aliphatic hydroxyl groups excluding tert-OH is 1. The van der Waals surface area contributed by atoms with Crippen LogP contribution < -0.4 is 20.8 Å². The van der Waals surface area contributed by atoms with E-state index in [-0.39, 0.29) is 32.0 Å². The fourth-order valence-corrected chi connectivity index (χ4v) is 6.12. The van der Waals surface area contributed by atoms with E-state index >= 15 is 0 Å². The number of amides is 3. The minimum Gasteiger partial charge on any atom is -0.497 e. The van der Waals surface area contributed by atoms with Gasteiger partial charge in [-0.3, -0.25) is 10.2 Å². The topological polar surface area (TPSA) is 201 Å². The van der Waals surface area contributed by atoms with Crippen molar-refractivity contribution in [2.24, 2.45) is 18.4 Å². The molecule has 2 saturated heterocycles. The van der Waals surface area contributed by atoms with E-state index in [9.17, 15) is 19.5 Å². The van der Waals surface area contributed by atoms with Crippen LogP contribution in [0.15, 0.2) is 48.5 Å². The normalized spacial score (nSPS) is 20.0. The fraction of sp³-hybridized carbons (Fsp3) is 0.543. The molecule has 282 valence electrons. The first kappa shape index (κ1) is 38.4. The second kappa shape index (κ2) is 17.1. The quantitative estimate of drug-likeness (QED) is 0.176. The molecule has 17 nitrogen and oxygen atoms in total. The number of carbonyl (C=O) groups excluding carboxylic acids is 3. The maximum Gasteiger partial charge on any atom is 0.407 e. The van der Waals surface area contributed by atoms with Crippen LogP contribution >= 0.6 is 0 Å². The molecule has 2 aromatic carbocycles. The number of hydrogen-bond donors (Lipinski definition) is 4. The van der Waals surface area contributed by atoms with Crippen LogP contribution in [0.25, 0.3) is 11.4 Å². The van der Waals surface area contributed by atoms with Crippen LogP contribution in [0.5, 0.6) is 5.75 Å². The van der Waals surface area contributed by atoms with Gasteiger partial charge in [0.05, 0.1) is 52.5 Å². The highest BCUT2D eigenvalue weighted by atomic mass is 16.7. The first-order valence-electron chi connectivity index (χ1n) is 17.1. The molecule has 17 heteroatoms. The van der Waals surface area contributed by atoms with Crippen molar-refractivity contribution < 1.29 is 43.2 Å². The molecule has 6 atom stereocenters. The van der Waals surface area contributed by atoms with Crippen LogP contribution in [0.1, 0.15) is 38.3 Å². The number of alkyl carbamates (subject to hydrolysis) is 2. The molecule has 6 unspecified atom stereocenters. The summed E-state index contributed by atoms with van der Waals surface area (Å²) >= 11 is 0. The van der Waals surface area contributed by atoms with Crippen LogP contribution in [0.2, 0.25) is 0 Å². The van der Waals surface area contributed by atoms with Gasteiger partial charge < -0.3 is 39.4 Å². The zero-order chi connectivity index (χ0) is 37.4. The Balaban J connectivity index is 1.37. The van der Waals surface area contributed by atoms with Gasteiger partial charge in [-0.2, -0.15) is 4.80 Å². The summed E-state index contributed by atoms with van der Waals surface area (Å²) in [5.41, 5.74) is 4.52. The van der Waals surface area contributed by atoms with Gasteiger partial charge in [0.1, 0.15) is 17.9 Å². The van der Waals surface area contributed by atoms with Crippen molar-refractivity contribution in [3.63, 3.8) is 0 Å². The average molecular weight is 725 g/mol. The number of rotatable bonds is 14. The Morgan fingerprint density at radius 1 is 1.02 bits per heavy atom. The second-order valence-electron chi connectivity index (χ2n) is 13.9. The van der Waals surface area contributed by atoms with E-state index in [1.165, 1.54) is 11.9 Å². The number of hydrazine groups is 1. The van der Waals surface area contributed by atoms with Crippen LogP contribution in [0, 0.1) is 11.3 Å². The largest absolute Gasteiger partial charge is 0.497 e. The molecule has 2 aliphatic rings. The molecular formula is C35H48N8O9. The number of ether oxygens (including phenoxy) is 5. The van der Waals surface area contributed by atoms with Crippen molar-refractivity contribution >= 4 is 18.1 Å². The maximum atomic E-state index is 13.8. The van der Waals surface area contributed by atoms with Gasteiger partial charge in [0.15, 0.2) is 6.29 Å². The second-order valence-corrected chi connectivity index (χ2v) is 13.9. The molecule has 1 aromatic heterocycles. The van der Waals surface area contributed by atoms with E-state index in [1.54, 1.807) is 52.1 Å². The summed E-state index contributed by atoms with van der Waals surface area (Å²) in [4.78, 5) is 40.7. The number of aryl methyl sites for hydroxylation is 1. The van der Waals surface area contributed by atoms with Crippen molar-refractivity contribution in [3.05, 3.63) is 59.7 Å². The molecule has 0 spiro atoms. The Bertz CT molecular complexity index is 1650. The van der Waals surface area contributed by atoms with Gasteiger partial charge in [-0.15, -0.1) is 10.2 Å². The van der Waals surface area contributed by atoms with Crippen LogP contribution in [0.4, 0.5) is 9.59 Å². The first-order chi connectivity index (χ1) is 24.8. The molecule has 0 radical (unpaired) electrons. The molecule has 3 amide bonds. The van der Waals surface area contributed by atoms with Crippen molar-refractivity contribution in [1.82, 2.24) is 41.3 Å². The van der Waals surface area contributed by atoms with Gasteiger partial charge in [0.2, 0.25) is 5.82 Å². The molecule has 2 aliphatic heterocycles. The predicted molar refractivity (Wildman–Crippen MR) is 185 cm³/mol. The van der Waals surface area contributed by atoms with Crippen molar-refractivity contribution in [1.29, 1.82) is 0 Å². The highest BCUT2D eigenvalue weighted by molar-refractivity contribution is 5.86. The SMILES string of the molecule is COC(=O)NC(C(=O)NN(Cc1ccc(-c2nnn(C)n2)cc1)CC(O)C(Cc1ccc(OC)cc1)NC(=O)OC1COC2OCCC12)C(C)(C)C. The first-order valence-corrected chi connectivity index (χ1v) is 17.1. The number of methoxy groups -OCH3 is 2. The molecule has 3 heterocycles. The van der Waals surface area contributed by atoms with Gasteiger partial charge in [0, 0.05) is 18.7 Å². The Kier molecular flexibility index (Phi) is 12.6. The highest BCUT2D eigenvalue weighted by Crippen LogP contribution is 2.33. The number of nitrogens with zero attached hydrogens (tertiary/aromatic N) is 5. The van der Waals surface area contributed by atoms with Gasteiger partial charge in [-0.25, -0.2) is 14.6 Å². The number of carbonyl (C=O) groups is 3. The predicted octanol–water partition coefficient (Wildman–Crippen LogP) is 1.95. The minimum atomic E-state index is -1.22. The Hall–Kier alpha value is -4.84. The molecule has 52 heavy (non-hydrogen) atoms. The van der Waals surface area contributed by atoms with Crippen molar-refractivity contribution in [3.8, 4) is 17.1 Å². The number of nitrogens with one attached hydrogen (secondary N) is 3. The average Bonchev–Trinajstić information content (AvgIpc) is 3.86. The molecule has 3 aromatic rings. The van der Waals surface area contributed by atoms with E-state index in [0.717, 1.165) is 16.7 Å². The summed E-state index contributed by atoms with van der Waals surface area (Å²) < 4.78 is 27.0. The standard InChI is InChI=1S/C35H48N8O9/c1-35(2,3)29(37-33(46)49-6)31(45)40-43(18-22-7-11-23(12-8-22)30-38-41-42(4)39-30)19-27(44)26(17-21-9-13-24(48-5)14-10-21)36-34(47)52-28-20-51-32-25(28)15-16-50-32/h7-14,25-29,32,44H,15-20H2,1-6H3,(H,36,47)(H,37,46)(H,40,45). The Labute approximate surface area is 302 Å². The van der Waals surface area contributed by atoms with E-state index in [4.69, 9.17) is 23.7 Å². The smallest absolute Gasteiger partial charge is 0.407 e. The fourth-order valence-electron chi connectivity index (χ4n) is 6.12. The van der Waals surface area contributed by atoms with Crippen LogP contribution in [-0.4, -0.2) is 113 Å². The summed E-state index contributed by atoms with van der Waals surface area (Å²) in [5.74, 6) is 0.522. The zero-order valence-corrected chi connectivity index (χ0v) is 30.3. The Morgan fingerprint density at radius 2 is 1.73 bits per heavy atom. The lowest BCUT2D eigenvalue weighted by atomic mass is 9.86. The maximum absolute atomic E-state index is 13.8. The number of aromatic nitrogens is 4. The molecule has 0 saturated carbocycles. The van der Waals surface area contributed by atoms with E-state index in [2.05, 4.69) is 31.5 Å². The molecule has 4 N–H and O–H groups in total. The lowest BCUT2D eigenvalue weighted by molar-refractivity contribution is -0.131. The zero-order valence-electron chi connectivity index (χ0n) is 30.3. The summed E-state index contributed by atoms with van der Waals surface area (Å²) in [6, 6.07) is 12.8. The molecule has 5 rings (SSSR count). The van der Waals surface area contributed by atoms with Gasteiger partial charge >= 0.3 is 12.2 Å². The van der Waals surface area contributed by atoms with Crippen molar-refractivity contribution in [2.75, 3.05) is 34.0 Å². The third-order valence-electron chi connectivity index (χ3n) is 8.97. The number of hydrogen-bond acceptors (Lipinski definition) is 13. The highest BCUT2D eigenvalue weighted by Gasteiger charge is 2.44. The van der Waals surface area contributed by atoms with Gasteiger partial charge in [0.25, 0.3) is 5.91 Å². The van der Waals surface area contributed by atoms with E-state index in [0.29, 0.717) is 24.6 Å². The number of fused-ring (bicyclic) bond motifs is 1. The van der Waals surface area contributed by atoms with E-state index in [1.807, 2.05) is 36.4 Å². The van der Waals surface area contributed by atoms with E-state index < -0.39 is 54.1 Å². The Morgan fingerprint density at radius 3 is 2.37 bits per heavy atom. The summed E-state index contributed by atoms with van der Waals surface area (Å²) in [5, 5.41) is 31.0. The van der Waals surface area contributed by atoms with Crippen molar-refractivity contribution in [2.45, 2.75) is 70.7 Å². The van der Waals surface area contributed by atoms with Crippen LogP contribution in [0.3, 0.4) is 0 Å². The molecule has 0 bridgehead atoms. The number of benzene rings is 2. The monoisotopic (exact) mass is 724 g/mol. The molecule has 0 aliphatic carbocycles. The third kappa shape index (κ3) is 10.1. The lowest BCUT2D eigenvalue weighted by Crippen LogP contribution is -2.59. The minimum absolute atomic E-state index is 0.0631. The van der Waals surface area contributed by atoms with Gasteiger partial charge in [-0.05, 0) is 46.7 Å². The number of aliphatic hydroxyl groups is 1. The molecule has 2 fully saturated rings. The molecular weight excluding hydrogens is 676 g/mol.